The van der Waals surface area contributed by atoms with Gasteiger partial charge >= 0.3 is 6.18 Å². The summed E-state index contributed by atoms with van der Waals surface area (Å²) in [6.45, 7) is 0. The second-order valence-electron chi connectivity index (χ2n) is 6.24. The second kappa shape index (κ2) is 7.15. The Bertz CT molecular complexity index is 891. The third-order valence-electron chi connectivity index (χ3n) is 4.48. The van der Waals surface area contributed by atoms with Crippen molar-refractivity contribution in [3.8, 4) is 0 Å². The average Bonchev–Trinajstić information content (AvgIpc) is 2.90. The summed E-state index contributed by atoms with van der Waals surface area (Å²) >= 11 is 0. The summed E-state index contributed by atoms with van der Waals surface area (Å²) in [4.78, 5) is 7.30. The number of nitrogens with zero attached hydrogens (tertiary/aromatic N) is 2. The van der Waals surface area contributed by atoms with Gasteiger partial charge in [-0.2, -0.15) is 13.2 Å². The number of aromatic nitrogens is 2. The van der Waals surface area contributed by atoms with Crippen molar-refractivity contribution >= 4 is 10.0 Å². The number of hydrogen-bond donors (Lipinski definition) is 3. The second-order valence-corrected chi connectivity index (χ2v) is 7.96. The summed E-state index contributed by atoms with van der Waals surface area (Å²) in [6, 6.07) is 1.92. The van der Waals surface area contributed by atoms with Gasteiger partial charge < -0.3 is 10.2 Å². The summed E-state index contributed by atoms with van der Waals surface area (Å²) in [7, 11) is -4.23. The quantitative estimate of drug-likeness (QED) is 0.704. The maximum Gasteiger partial charge on any atom is 0.416 e. The van der Waals surface area contributed by atoms with Crippen LogP contribution in [0.4, 0.5) is 13.2 Å². The third-order valence-corrected chi connectivity index (χ3v) is 5.96. The van der Waals surface area contributed by atoms with Crippen LogP contribution in [-0.2, 0) is 16.2 Å². The van der Waals surface area contributed by atoms with Crippen molar-refractivity contribution < 1.29 is 31.8 Å². The Morgan fingerprint density at radius 1 is 1.07 bits per heavy atom. The number of aliphatic hydroxyl groups is 2. The van der Waals surface area contributed by atoms with Crippen LogP contribution in [0, 0.1) is 0 Å². The van der Waals surface area contributed by atoms with Gasteiger partial charge in [-0.3, -0.25) is 0 Å². The molecule has 0 radical (unpaired) electrons. The molecule has 11 heteroatoms. The van der Waals surface area contributed by atoms with Crippen LogP contribution < -0.4 is 4.72 Å². The number of benzene rings is 1. The first-order chi connectivity index (χ1) is 12.6. The smallest absolute Gasteiger partial charge is 0.390 e. The predicted octanol–water partition coefficient (Wildman–Crippen LogP) is 1.05. The number of halogens is 3. The molecule has 1 aromatic carbocycles. The van der Waals surface area contributed by atoms with E-state index in [1.165, 1.54) is 18.7 Å². The average molecular weight is 403 g/mol. The molecule has 4 unspecified atom stereocenters. The van der Waals surface area contributed by atoms with E-state index in [0.717, 1.165) is 12.1 Å². The molecule has 1 aliphatic rings. The van der Waals surface area contributed by atoms with E-state index in [1.54, 1.807) is 0 Å². The van der Waals surface area contributed by atoms with Gasteiger partial charge in [0.2, 0.25) is 10.0 Å². The molecule has 1 fully saturated rings. The molecule has 146 valence electrons. The van der Waals surface area contributed by atoms with Crippen molar-refractivity contribution in [3.05, 3.63) is 54.1 Å². The van der Waals surface area contributed by atoms with Crippen LogP contribution >= 0.6 is 0 Å². The van der Waals surface area contributed by atoms with E-state index in [4.69, 9.17) is 0 Å². The van der Waals surface area contributed by atoms with Crippen LogP contribution in [0.25, 0.3) is 0 Å². The molecular formula is C16H16F3N3O4S. The molecule has 0 saturated heterocycles. The number of sulfonamides is 1. The summed E-state index contributed by atoms with van der Waals surface area (Å²) in [6.07, 6.45) is -2.89. The van der Waals surface area contributed by atoms with Crippen molar-refractivity contribution in [2.75, 3.05) is 0 Å². The maximum atomic E-state index is 12.6. The van der Waals surface area contributed by atoms with Crippen LogP contribution in [0.1, 0.15) is 23.5 Å². The first-order valence-electron chi connectivity index (χ1n) is 7.90. The number of rotatable bonds is 4. The van der Waals surface area contributed by atoms with E-state index in [1.807, 2.05) is 0 Å². The molecule has 3 rings (SSSR count). The minimum atomic E-state index is -4.58. The fourth-order valence-electron chi connectivity index (χ4n) is 3.09. The Morgan fingerprint density at radius 3 is 2.22 bits per heavy atom. The standard InChI is InChI=1S/C16H16F3N3O4S/c17-16(18,19)10-1-3-11(4-2-10)27(25,26)22-14-12(5-13(23)15(14)24)9-6-20-8-21-7-9/h1-4,6-8,12-15,22-24H,5H2. The highest BCUT2D eigenvalue weighted by atomic mass is 32.2. The molecule has 1 heterocycles. The lowest BCUT2D eigenvalue weighted by atomic mass is 9.97. The van der Waals surface area contributed by atoms with E-state index in [-0.39, 0.29) is 11.3 Å². The maximum absolute atomic E-state index is 12.6. The lowest BCUT2D eigenvalue weighted by Gasteiger charge is -2.23. The topological polar surface area (TPSA) is 112 Å². The minimum absolute atomic E-state index is 0.0781. The molecule has 0 spiro atoms. The van der Waals surface area contributed by atoms with Gasteiger partial charge in [0, 0.05) is 18.3 Å². The molecule has 0 bridgehead atoms. The van der Waals surface area contributed by atoms with Gasteiger partial charge in [0.05, 0.1) is 28.7 Å². The van der Waals surface area contributed by atoms with E-state index in [2.05, 4.69) is 14.7 Å². The van der Waals surface area contributed by atoms with Crippen LogP contribution in [0.2, 0.25) is 0 Å². The normalized spacial score (nSPS) is 26.3. The number of alkyl halides is 3. The van der Waals surface area contributed by atoms with Gasteiger partial charge in [0.15, 0.2) is 0 Å². The highest BCUT2D eigenvalue weighted by Crippen LogP contribution is 2.36. The summed E-state index contributed by atoms with van der Waals surface area (Å²) in [5, 5.41) is 20.1. The molecule has 1 aliphatic carbocycles. The molecule has 4 atom stereocenters. The van der Waals surface area contributed by atoms with Gasteiger partial charge in [0.25, 0.3) is 0 Å². The Hall–Kier alpha value is -2.08. The third kappa shape index (κ3) is 4.10. The first-order valence-corrected chi connectivity index (χ1v) is 9.38. The van der Waals surface area contributed by atoms with Crippen molar-refractivity contribution in [1.29, 1.82) is 0 Å². The zero-order valence-electron chi connectivity index (χ0n) is 13.7. The van der Waals surface area contributed by atoms with Gasteiger partial charge in [-0.1, -0.05) is 0 Å². The van der Waals surface area contributed by atoms with Crippen LogP contribution in [0.5, 0.6) is 0 Å². The molecule has 27 heavy (non-hydrogen) atoms. The highest BCUT2D eigenvalue weighted by molar-refractivity contribution is 7.89. The highest BCUT2D eigenvalue weighted by Gasteiger charge is 2.44. The van der Waals surface area contributed by atoms with E-state index >= 15 is 0 Å². The van der Waals surface area contributed by atoms with Crippen molar-refractivity contribution in [1.82, 2.24) is 14.7 Å². The predicted molar refractivity (Wildman–Crippen MR) is 87.0 cm³/mol. The molecular weight excluding hydrogens is 387 g/mol. The fourth-order valence-corrected chi connectivity index (χ4v) is 4.38. The Balaban J connectivity index is 1.87. The molecule has 3 N–H and O–H groups in total. The molecule has 0 amide bonds. The van der Waals surface area contributed by atoms with Crippen molar-refractivity contribution in [2.45, 2.75) is 41.7 Å². The molecule has 2 aromatic rings. The number of nitrogens with one attached hydrogen (secondary N) is 1. The Labute approximate surface area is 153 Å². The minimum Gasteiger partial charge on any atom is -0.390 e. The van der Waals surface area contributed by atoms with Gasteiger partial charge in [-0.15, -0.1) is 0 Å². The zero-order chi connectivity index (χ0) is 19.8. The lowest BCUT2D eigenvalue weighted by molar-refractivity contribution is -0.137. The molecule has 0 aliphatic heterocycles. The fraction of sp³-hybridized carbons (Fsp3) is 0.375. The molecule has 7 nitrogen and oxygen atoms in total. The summed E-state index contributed by atoms with van der Waals surface area (Å²) in [5.41, 5.74) is -0.453. The van der Waals surface area contributed by atoms with Crippen LogP contribution in [0.3, 0.4) is 0 Å². The van der Waals surface area contributed by atoms with Gasteiger partial charge in [0.1, 0.15) is 6.33 Å². The Kier molecular flexibility index (Phi) is 5.21. The zero-order valence-corrected chi connectivity index (χ0v) is 14.5. The molecule has 1 saturated carbocycles. The SMILES string of the molecule is O=S(=O)(NC1C(c2cncnc2)CC(O)C1O)c1ccc(C(F)(F)F)cc1. The van der Waals surface area contributed by atoms with E-state index < -0.39 is 45.9 Å². The molecule has 1 aromatic heterocycles. The Morgan fingerprint density at radius 2 is 1.67 bits per heavy atom. The van der Waals surface area contributed by atoms with Crippen LogP contribution in [0.15, 0.2) is 47.9 Å². The monoisotopic (exact) mass is 403 g/mol. The van der Waals surface area contributed by atoms with Crippen molar-refractivity contribution in [3.63, 3.8) is 0 Å². The van der Waals surface area contributed by atoms with Gasteiger partial charge in [-0.25, -0.2) is 23.1 Å². The van der Waals surface area contributed by atoms with Gasteiger partial charge in [-0.05, 0) is 36.2 Å². The largest absolute Gasteiger partial charge is 0.416 e. The number of hydrogen-bond acceptors (Lipinski definition) is 6. The van der Waals surface area contributed by atoms with Crippen LogP contribution in [-0.4, -0.2) is 46.8 Å². The van der Waals surface area contributed by atoms with E-state index in [9.17, 15) is 31.8 Å². The van der Waals surface area contributed by atoms with E-state index in [0.29, 0.717) is 17.7 Å². The lowest BCUT2D eigenvalue weighted by Crippen LogP contribution is -2.45. The number of aliphatic hydroxyl groups excluding tert-OH is 2. The van der Waals surface area contributed by atoms with Crippen molar-refractivity contribution in [2.24, 2.45) is 0 Å². The first kappa shape index (κ1) is 19.7. The summed E-state index contributed by atoms with van der Waals surface area (Å²) < 4.78 is 65.3. The summed E-state index contributed by atoms with van der Waals surface area (Å²) in [5.74, 6) is -0.597.